The van der Waals surface area contributed by atoms with E-state index in [4.69, 9.17) is 0 Å². The summed E-state index contributed by atoms with van der Waals surface area (Å²) in [4.78, 5) is 14.3. The number of nitrogens with one attached hydrogen (secondary N) is 1. The molecule has 1 aliphatic heterocycles. The van der Waals surface area contributed by atoms with Crippen molar-refractivity contribution < 1.29 is 4.79 Å². The zero-order valence-electron chi connectivity index (χ0n) is 12.7. The van der Waals surface area contributed by atoms with Crippen LogP contribution in [0.4, 0.5) is 0 Å². The molecule has 0 spiro atoms. The monoisotopic (exact) mass is 318 g/mol. The molecule has 1 saturated carbocycles. The third-order valence-corrected chi connectivity index (χ3v) is 4.81. The Kier molecular flexibility index (Phi) is 7.41. The summed E-state index contributed by atoms with van der Waals surface area (Å²) in [5.74, 6) is 2.32. The standard InChI is InChI=1S/C15H26N2OS.ClH/c1-4-11(2)7-17-8-13(12-5-6-12)14(9-17)16-15(18)10-19-3;/h4,12-14H,5-10H2,1-3H3,(H,16,18);1H/b11-4+;/t13-,14+;/m1./s1. The first-order chi connectivity index (χ1) is 9.13. The van der Waals surface area contributed by atoms with Gasteiger partial charge in [-0.15, -0.1) is 12.4 Å². The lowest BCUT2D eigenvalue weighted by Gasteiger charge is -2.19. The molecular formula is C15H27ClN2OS. The highest BCUT2D eigenvalue weighted by Crippen LogP contribution is 2.41. The Hall–Kier alpha value is -0.190. The molecule has 1 aliphatic carbocycles. The first-order valence-corrected chi connectivity index (χ1v) is 8.66. The topological polar surface area (TPSA) is 32.3 Å². The Bertz CT molecular complexity index is 358. The maximum Gasteiger partial charge on any atom is 0.230 e. The van der Waals surface area contributed by atoms with Crippen LogP contribution in [0.25, 0.3) is 0 Å². The first-order valence-electron chi connectivity index (χ1n) is 7.26. The number of thioether (sulfide) groups is 1. The molecule has 2 atom stereocenters. The molecule has 2 rings (SSSR count). The van der Waals surface area contributed by atoms with Gasteiger partial charge in [-0.25, -0.2) is 0 Å². The molecule has 1 saturated heterocycles. The summed E-state index contributed by atoms with van der Waals surface area (Å²) in [7, 11) is 0. The van der Waals surface area contributed by atoms with E-state index >= 15 is 0 Å². The van der Waals surface area contributed by atoms with Crippen molar-refractivity contribution in [2.75, 3.05) is 31.6 Å². The molecule has 3 nitrogen and oxygen atoms in total. The number of carbonyl (C=O) groups excluding carboxylic acids is 1. The lowest BCUT2D eigenvalue weighted by atomic mass is 9.98. The van der Waals surface area contributed by atoms with Gasteiger partial charge in [0.05, 0.1) is 5.75 Å². The summed E-state index contributed by atoms with van der Waals surface area (Å²) in [6.07, 6.45) is 6.88. The summed E-state index contributed by atoms with van der Waals surface area (Å²) in [5, 5.41) is 3.25. The van der Waals surface area contributed by atoms with E-state index in [1.807, 2.05) is 6.26 Å². The van der Waals surface area contributed by atoms with Gasteiger partial charge in [-0.3, -0.25) is 9.69 Å². The molecule has 2 fully saturated rings. The zero-order chi connectivity index (χ0) is 13.8. The third kappa shape index (κ3) is 4.97. The summed E-state index contributed by atoms with van der Waals surface area (Å²) < 4.78 is 0. The number of hydrogen-bond acceptors (Lipinski definition) is 3. The van der Waals surface area contributed by atoms with E-state index in [9.17, 15) is 4.79 Å². The van der Waals surface area contributed by atoms with E-state index < -0.39 is 0 Å². The molecule has 20 heavy (non-hydrogen) atoms. The largest absolute Gasteiger partial charge is 0.351 e. The highest BCUT2D eigenvalue weighted by molar-refractivity contribution is 7.99. The van der Waals surface area contributed by atoms with Gasteiger partial charge in [-0.2, -0.15) is 11.8 Å². The SMILES string of the molecule is C/C=C(\C)CN1C[C@H](NC(=O)CSC)[C@@H](C2CC2)C1.Cl. The van der Waals surface area contributed by atoms with E-state index in [0.29, 0.717) is 17.7 Å². The average molecular weight is 319 g/mol. The van der Waals surface area contributed by atoms with Crippen LogP contribution in [0.15, 0.2) is 11.6 Å². The maximum absolute atomic E-state index is 11.8. The molecular weight excluding hydrogens is 292 g/mol. The Labute approximate surface area is 133 Å². The number of carbonyl (C=O) groups is 1. The zero-order valence-corrected chi connectivity index (χ0v) is 14.4. The van der Waals surface area contributed by atoms with Crippen molar-refractivity contribution in [2.45, 2.75) is 32.7 Å². The van der Waals surface area contributed by atoms with Gasteiger partial charge in [0.25, 0.3) is 0 Å². The molecule has 0 aromatic carbocycles. The van der Waals surface area contributed by atoms with Crippen LogP contribution in [0.3, 0.4) is 0 Å². The summed E-state index contributed by atoms with van der Waals surface area (Å²) in [6, 6.07) is 0.372. The molecule has 0 radical (unpaired) electrons. The Morgan fingerprint density at radius 3 is 2.65 bits per heavy atom. The van der Waals surface area contributed by atoms with Crippen LogP contribution in [0.1, 0.15) is 26.7 Å². The average Bonchev–Trinajstić information content (AvgIpc) is 3.14. The predicted octanol–water partition coefficient (Wildman–Crippen LogP) is 2.56. The normalized spacial score (nSPS) is 27.2. The fraction of sp³-hybridized carbons (Fsp3) is 0.800. The minimum absolute atomic E-state index is 0. The van der Waals surface area contributed by atoms with Crippen LogP contribution in [0, 0.1) is 11.8 Å². The predicted molar refractivity (Wildman–Crippen MR) is 89.6 cm³/mol. The number of hydrogen-bond donors (Lipinski definition) is 1. The third-order valence-electron chi connectivity index (χ3n) is 4.26. The Morgan fingerprint density at radius 2 is 2.10 bits per heavy atom. The van der Waals surface area contributed by atoms with E-state index in [1.54, 1.807) is 11.8 Å². The number of amides is 1. The van der Waals surface area contributed by atoms with E-state index in [0.717, 1.165) is 25.6 Å². The maximum atomic E-state index is 11.8. The molecule has 0 unspecified atom stereocenters. The number of likely N-dealkylation sites (tertiary alicyclic amines) is 1. The van der Waals surface area contributed by atoms with Crippen molar-refractivity contribution in [1.82, 2.24) is 10.2 Å². The van der Waals surface area contributed by atoms with Crippen molar-refractivity contribution in [1.29, 1.82) is 0 Å². The molecule has 0 aromatic heterocycles. The van der Waals surface area contributed by atoms with E-state index in [-0.39, 0.29) is 18.3 Å². The van der Waals surface area contributed by atoms with E-state index in [2.05, 4.69) is 30.1 Å². The van der Waals surface area contributed by atoms with Gasteiger partial charge in [0, 0.05) is 25.7 Å². The van der Waals surface area contributed by atoms with Crippen molar-refractivity contribution in [3.63, 3.8) is 0 Å². The van der Waals surface area contributed by atoms with Gasteiger partial charge in [-0.1, -0.05) is 11.6 Å². The van der Waals surface area contributed by atoms with Crippen molar-refractivity contribution in [3.05, 3.63) is 11.6 Å². The molecule has 0 aromatic rings. The minimum atomic E-state index is 0. The molecule has 1 amide bonds. The molecule has 0 bridgehead atoms. The quantitative estimate of drug-likeness (QED) is 0.764. The fourth-order valence-electron chi connectivity index (χ4n) is 3.02. The highest BCUT2D eigenvalue weighted by Gasteiger charge is 2.42. The van der Waals surface area contributed by atoms with Gasteiger partial charge in [-0.05, 0) is 44.8 Å². The molecule has 116 valence electrons. The fourth-order valence-corrected chi connectivity index (χ4v) is 3.37. The van der Waals surface area contributed by atoms with Crippen LogP contribution >= 0.6 is 24.2 Å². The second-order valence-corrected chi connectivity index (χ2v) is 6.80. The number of halogens is 1. The second-order valence-electron chi connectivity index (χ2n) is 5.94. The van der Waals surface area contributed by atoms with Gasteiger partial charge >= 0.3 is 0 Å². The van der Waals surface area contributed by atoms with Crippen LogP contribution < -0.4 is 5.32 Å². The van der Waals surface area contributed by atoms with Crippen molar-refractivity contribution >= 4 is 30.1 Å². The van der Waals surface area contributed by atoms with Gasteiger partial charge in [0.2, 0.25) is 5.91 Å². The summed E-state index contributed by atoms with van der Waals surface area (Å²) in [6.45, 7) is 7.51. The molecule has 5 heteroatoms. The Morgan fingerprint density at radius 1 is 1.40 bits per heavy atom. The van der Waals surface area contributed by atoms with Gasteiger partial charge < -0.3 is 5.32 Å². The van der Waals surface area contributed by atoms with Gasteiger partial charge in [0.15, 0.2) is 0 Å². The summed E-state index contributed by atoms with van der Waals surface area (Å²) >= 11 is 1.60. The van der Waals surface area contributed by atoms with Crippen LogP contribution in [0.5, 0.6) is 0 Å². The first kappa shape index (κ1) is 17.9. The van der Waals surface area contributed by atoms with Crippen LogP contribution in [0.2, 0.25) is 0 Å². The minimum Gasteiger partial charge on any atom is -0.351 e. The summed E-state index contributed by atoms with van der Waals surface area (Å²) in [5.41, 5.74) is 1.42. The van der Waals surface area contributed by atoms with Crippen LogP contribution in [-0.2, 0) is 4.79 Å². The smallest absolute Gasteiger partial charge is 0.230 e. The molecule has 2 aliphatic rings. The Balaban J connectivity index is 0.00000200. The number of nitrogens with zero attached hydrogens (tertiary/aromatic N) is 1. The number of allylic oxidation sites excluding steroid dienone is 1. The lowest BCUT2D eigenvalue weighted by Crippen LogP contribution is -2.42. The van der Waals surface area contributed by atoms with E-state index in [1.165, 1.54) is 18.4 Å². The molecule has 1 N–H and O–H groups in total. The highest BCUT2D eigenvalue weighted by atomic mass is 35.5. The van der Waals surface area contributed by atoms with Gasteiger partial charge in [0.1, 0.15) is 0 Å². The lowest BCUT2D eigenvalue weighted by molar-refractivity contribution is -0.119. The number of rotatable bonds is 6. The molecule has 1 heterocycles. The van der Waals surface area contributed by atoms with Crippen molar-refractivity contribution in [3.8, 4) is 0 Å². The van der Waals surface area contributed by atoms with Crippen LogP contribution in [-0.4, -0.2) is 48.5 Å². The second kappa shape index (κ2) is 8.30. The van der Waals surface area contributed by atoms with Crippen molar-refractivity contribution in [2.24, 2.45) is 11.8 Å².